The van der Waals surface area contributed by atoms with E-state index in [9.17, 15) is 0 Å². The Kier molecular flexibility index (Phi) is 2.49. The third kappa shape index (κ3) is 1.82. The number of hydrogen-bond donors (Lipinski definition) is 0. The summed E-state index contributed by atoms with van der Waals surface area (Å²) in [6.45, 7) is 0. The van der Waals surface area contributed by atoms with Crippen molar-refractivity contribution < 1.29 is 0 Å². The van der Waals surface area contributed by atoms with Crippen molar-refractivity contribution in [3.05, 3.63) is 54.6 Å². The molecule has 2 rings (SSSR count). The summed E-state index contributed by atoms with van der Waals surface area (Å²) in [6, 6.07) is 18.8. The molecule has 0 bridgehead atoms. The van der Waals surface area contributed by atoms with Crippen molar-refractivity contribution >= 4 is 20.5 Å². The van der Waals surface area contributed by atoms with E-state index in [-0.39, 0.29) is 0 Å². The molecule has 1 heteroatoms. The van der Waals surface area contributed by atoms with Gasteiger partial charge < -0.3 is 0 Å². The zero-order valence-corrected chi connectivity index (χ0v) is 9.02. The molecule has 0 saturated heterocycles. The van der Waals surface area contributed by atoms with Crippen LogP contribution in [0, 0.1) is 0 Å². The maximum atomic E-state index is 2.61. The number of rotatable bonds is 1. The molecule has 0 amide bonds. The first-order valence-electron chi connectivity index (χ1n) is 4.21. The molecule has 0 unspecified atom stereocenters. The minimum absolute atomic E-state index is 1.27. The van der Waals surface area contributed by atoms with Gasteiger partial charge in [-0.2, -0.15) is 0 Å². The van der Waals surface area contributed by atoms with Gasteiger partial charge in [0.25, 0.3) is 0 Å². The average Bonchev–Trinajstić information content (AvgIpc) is 2.20. The fourth-order valence-corrected chi connectivity index (χ4v) is 1.94. The molecule has 0 N–H and O–H groups in total. The molecule has 0 heterocycles. The van der Waals surface area contributed by atoms with Crippen molar-refractivity contribution in [3.63, 3.8) is 0 Å². The summed E-state index contributed by atoms with van der Waals surface area (Å²) in [5.41, 5.74) is 2.57. The van der Waals surface area contributed by atoms with Crippen molar-refractivity contribution in [1.29, 1.82) is 0 Å². The normalized spacial score (nSPS) is 9.92. The van der Waals surface area contributed by atoms with E-state index in [4.69, 9.17) is 0 Å². The molecule has 0 aliphatic heterocycles. The molecule has 0 aromatic heterocycles. The fraction of sp³-hybridized carbons (Fsp3) is 0. The van der Waals surface area contributed by atoms with E-state index in [1.807, 2.05) is 6.07 Å². The zero-order valence-electron chi connectivity index (χ0n) is 7.14. The van der Waals surface area contributed by atoms with Gasteiger partial charge >= 0.3 is 86.2 Å². The summed E-state index contributed by atoms with van der Waals surface area (Å²) < 4.78 is 1.27. The van der Waals surface area contributed by atoms with Crippen molar-refractivity contribution in [2.24, 2.45) is 0 Å². The van der Waals surface area contributed by atoms with E-state index in [0.717, 1.165) is 0 Å². The van der Waals surface area contributed by atoms with Gasteiger partial charge in [-0.1, -0.05) is 0 Å². The van der Waals surface area contributed by atoms with Crippen LogP contribution in [-0.2, 0) is 0 Å². The predicted octanol–water partition coefficient (Wildman–Crippen LogP) is 1.88. The summed E-state index contributed by atoms with van der Waals surface area (Å²) >= 11 is 2.61. The van der Waals surface area contributed by atoms with Gasteiger partial charge in [-0.15, -0.1) is 0 Å². The predicted molar refractivity (Wildman–Crippen MR) is 58.7 cm³/mol. The number of hydrogen-bond acceptors (Lipinski definition) is 0. The van der Waals surface area contributed by atoms with Gasteiger partial charge in [-0.25, -0.2) is 0 Å². The maximum absolute atomic E-state index is 2.61. The first kappa shape index (κ1) is 8.55. The van der Waals surface area contributed by atoms with Crippen LogP contribution in [0.3, 0.4) is 0 Å². The average molecular weight is 233 g/mol. The van der Waals surface area contributed by atoms with Crippen LogP contribution in [0.25, 0.3) is 11.1 Å². The van der Waals surface area contributed by atoms with Crippen molar-refractivity contribution in [1.82, 2.24) is 0 Å². The van der Waals surface area contributed by atoms with Crippen LogP contribution >= 0.6 is 0 Å². The van der Waals surface area contributed by atoms with Gasteiger partial charge in [0, 0.05) is 0 Å². The first-order valence-corrected chi connectivity index (χ1v) is 5.15. The molecule has 2 aromatic carbocycles. The second-order valence-electron chi connectivity index (χ2n) is 2.88. The molecule has 0 nitrogen and oxygen atoms in total. The quantitative estimate of drug-likeness (QED) is 0.660. The molecule has 0 atom stereocenters. The van der Waals surface area contributed by atoms with E-state index in [1.165, 1.54) is 15.6 Å². The van der Waals surface area contributed by atoms with Crippen molar-refractivity contribution in [2.75, 3.05) is 0 Å². The summed E-state index contributed by atoms with van der Waals surface area (Å²) in [4.78, 5) is 0. The number of benzene rings is 2. The van der Waals surface area contributed by atoms with E-state index < -0.39 is 0 Å². The van der Waals surface area contributed by atoms with E-state index in [2.05, 4.69) is 64.5 Å². The van der Waals surface area contributed by atoms with Crippen LogP contribution in [0.4, 0.5) is 0 Å². The zero-order chi connectivity index (χ0) is 9.10. The van der Waals surface area contributed by atoms with Crippen LogP contribution < -0.4 is 4.46 Å². The van der Waals surface area contributed by atoms with Crippen LogP contribution in [0.5, 0.6) is 0 Å². The molecular weight excluding hydrogens is 223 g/mol. The van der Waals surface area contributed by atoms with Crippen LogP contribution in [0.15, 0.2) is 54.6 Å². The fourth-order valence-electron chi connectivity index (χ4n) is 1.34. The van der Waals surface area contributed by atoms with Crippen molar-refractivity contribution in [3.8, 4) is 11.1 Å². The second-order valence-corrected chi connectivity index (χ2v) is 3.89. The molecule has 64 valence electrons. The van der Waals surface area contributed by atoms with Gasteiger partial charge in [0.2, 0.25) is 0 Å². The molecule has 0 radical (unpaired) electrons. The monoisotopic (exact) mass is 234 g/mol. The molecule has 0 saturated carbocycles. The van der Waals surface area contributed by atoms with Crippen molar-refractivity contribution in [2.45, 2.75) is 0 Å². The Hall–Kier alpha value is -1.04. The van der Waals surface area contributed by atoms with Gasteiger partial charge in [0.15, 0.2) is 0 Å². The molecule has 0 aliphatic rings. The Morgan fingerprint density at radius 3 is 2.00 bits per heavy atom. The standard InChI is InChI=1S/C12H10Se/c13-12-9-5-4-8-11(12)10-6-2-1-3-7-10/h1-9,13H. The Bertz CT molecular complexity index is 393. The Labute approximate surface area is 86.4 Å². The Morgan fingerprint density at radius 2 is 1.31 bits per heavy atom. The van der Waals surface area contributed by atoms with Gasteiger partial charge in [0.05, 0.1) is 0 Å². The summed E-state index contributed by atoms with van der Waals surface area (Å²) in [5.74, 6) is 0. The van der Waals surface area contributed by atoms with E-state index in [0.29, 0.717) is 0 Å². The molecule has 0 spiro atoms. The Balaban J connectivity index is 2.54. The SMILES string of the molecule is [SeH]c1ccccc1-c1ccccc1. The molecule has 0 aliphatic carbocycles. The third-order valence-electron chi connectivity index (χ3n) is 1.99. The van der Waals surface area contributed by atoms with Gasteiger partial charge in [-0.3, -0.25) is 0 Å². The first-order chi connectivity index (χ1) is 6.38. The summed E-state index contributed by atoms with van der Waals surface area (Å²) in [5, 5.41) is 0. The molecule has 13 heavy (non-hydrogen) atoms. The minimum atomic E-state index is 1.27. The van der Waals surface area contributed by atoms with Gasteiger partial charge in [-0.05, 0) is 0 Å². The summed E-state index contributed by atoms with van der Waals surface area (Å²) in [7, 11) is 0. The van der Waals surface area contributed by atoms with E-state index in [1.54, 1.807) is 0 Å². The summed E-state index contributed by atoms with van der Waals surface area (Å²) in [6.07, 6.45) is 0. The van der Waals surface area contributed by atoms with Gasteiger partial charge in [0.1, 0.15) is 0 Å². The Morgan fingerprint density at radius 1 is 0.692 bits per heavy atom. The van der Waals surface area contributed by atoms with Crippen LogP contribution in [-0.4, -0.2) is 16.0 Å². The topological polar surface area (TPSA) is 0 Å². The third-order valence-corrected chi connectivity index (χ3v) is 2.81. The van der Waals surface area contributed by atoms with Crippen LogP contribution in [0.2, 0.25) is 0 Å². The molecule has 2 aromatic rings. The molecular formula is C12H10Se. The second kappa shape index (κ2) is 3.78. The van der Waals surface area contributed by atoms with E-state index >= 15 is 0 Å². The van der Waals surface area contributed by atoms with Crippen LogP contribution in [0.1, 0.15) is 0 Å². The molecule has 0 fully saturated rings.